The number of aliphatic carboxylic acids is 1. The molecule has 0 radical (unpaired) electrons. The molecule has 11 nitrogen and oxygen atoms in total. The number of anilines is 1. The molecule has 0 saturated carbocycles. The maximum Gasteiger partial charge on any atom is 0.352 e. The first kappa shape index (κ1) is 18.2. The number of aromatic nitrogens is 1. The van der Waals surface area contributed by atoms with Crippen molar-refractivity contribution in [2.24, 2.45) is 5.16 Å². The van der Waals surface area contributed by atoms with Crippen molar-refractivity contribution in [2.45, 2.75) is 11.4 Å². The largest absolute Gasteiger partial charge is 0.477 e. The Kier molecular flexibility index (Phi) is 4.84. The number of nitrogen functional groups attached to an aromatic ring is 1. The van der Waals surface area contributed by atoms with Crippen LogP contribution in [0.25, 0.3) is 0 Å². The average molecular weight is 399 g/mol. The molecule has 3 heterocycles. The molecule has 0 spiro atoms. The average Bonchev–Trinajstić information content (AvgIpc) is 3.04. The fourth-order valence-corrected chi connectivity index (χ4v) is 4.51. The first-order valence-electron chi connectivity index (χ1n) is 7.14. The molecule has 0 aliphatic carbocycles. The van der Waals surface area contributed by atoms with Crippen LogP contribution in [-0.4, -0.2) is 72.6 Å². The molecule has 1 unspecified atom stereocenters. The van der Waals surface area contributed by atoms with Gasteiger partial charge in [-0.3, -0.25) is 14.5 Å². The lowest BCUT2D eigenvalue weighted by molar-refractivity contribution is -0.150. The highest BCUT2D eigenvalue weighted by atomic mass is 32.2. The number of thioether (sulfide) groups is 1. The molecule has 1 saturated heterocycles. The Labute approximate surface area is 154 Å². The van der Waals surface area contributed by atoms with Crippen molar-refractivity contribution in [3.05, 3.63) is 22.3 Å². The minimum Gasteiger partial charge on any atom is -0.477 e. The number of fused-ring (bicyclic) bond motifs is 1. The molecule has 1 fully saturated rings. The van der Waals surface area contributed by atoms with E-state index in [1.165, 1.54) is 17.1 Å². The van der Waals surface area contributed by atoms with Crippen molar-refractivity contribution >= 4 is 51.7 Å². The molecular formula is C13H13N5O6S2. The molecule has 0 aromatic carbocycles. The second-order valence-electron chi connectivity index (χ2n) is 5.30. The Balaban J connectivity index is 1.77. The van der Waals surface area contributed by atoms with E-state index in [-0.39, 0.29) is 27.8 Å². The number of amides is 2. The fraction of sp³-hybridized carbons (Fsp3) is 0.308. The zero-order valence-electron chi connectivity index (χ0n) is 12.9. The number of hydrogen-bond acceptors (Lipinski definition) is 10. The molecule has 2 aliphatic heterocycles. The van der Waals surface area contributed by atoms with Crippen LogP contribution in [-0.2, 0) is 14.4 Å². The summed E-state index contributed by atoms with van der Waals surface area (Å²) >= 11 is 2.26. The second kappa shape index (κ2) is 6.93. The van der Waals surface area contributed by atoms with Crippen LogP contribution in [0.15, 0.2) is 21.8 Å². The molecule has 3 rings (SSSR count). The molecule has 2 atom stereocenters. The van der Waals surface area contributed by atoms with Gasteiger partial charge < -0.3 is 26.5 Å². The number of carbonyl (C=O) groups is 3. The number of thiazole rings is 1. The van der Waals surface area contributed by atoms with Crippen molar-refractivity contribution in [2.75, 3.05) is 18.1 Å². The van der Waals surface area contributed by atoms with E-state index in [1.807, 2.05) is 0 Å². The van der Waals surface area contributed by atoms with E-state index in [0.29, 0.717) is 0 Å². The molecule has 1 aromatic rings. The Morgan fingerprint density at radius 3 is 2.77 bits per heavy atom. The molecule has 138 valence electrons. The van der Waals surface area contributed by atoms with E-state index in [4.69, 9.17) is 10.9 Å². The summed E-state index contributed by atoms with van der Waals surface area (Å²) in [5.41, 5.74) is 5.09. The number of carboxylic acids is 1. The van der Waals surface area contributed by atoms with E-state index >= 15 is 0 Å². The van der Waals surface area contributed by atoms with Gasteiger partial charge in [0, 0.05) is 11.1 Å². The minimum atomic E-state index is -1.33. The van der Waals surface area contributed by atoms with E-state index < -0.39 is 41.5 Å². The molecule has 1 aromatic heterocycles. The highest BCUT2D eigenvalue weighted by Gasteiger charge is 2.54. The molecule has 2 aliphatic rings. The van der Waals surface area contributed by atoms with Crippen LogP contribution in [0.2, 0.25) is 0 Å². The molecule has 0 bridgehead atoms. The summed E-state index contributed by atoms with van der Waals surface area (Å²) in [5, 5.41) is 33.9. The number of aliphatic hydroxyl groups is 1. The van der Waals surface area contributed by atoms with Gasteiger partial charge in [0.2, 0.25) is 0 Å². The third-order valence-electron chi connectivity index (χ3n) is 3.81. The van der Waals surface area contributed by atoms with Crippen molar-refractivity contribution in [3.8, 4) is 0 Å². The third-order valence-corrected chi connectivity index (χ3v) is 5.82. The summed E-state index contributed by atoms with van der Waals surface area (Å²) in [6.07, 6.45) is 0. The van der Waals surface area contributed by atoms with Gasteiger partial charge >= 0.3 is 5.97 Å². The first-order valence-corrected chi connectivity index (χ1v) is 9.07. The van der Waals surface area contributed by atoms with Gasteiger partial charge in [-0.15, -0.1) is 23.1 Å². The summed E-state index contributed by atoms with van der Waals surface area (Å²) in [5.74, 6) is -2.59. The zero-order chi connectivity index (χ0) is 19.0. The minimum absolute atomic E-state index is 0.0566. The Bertz CT molecular complexity index is 850. The third kappa shape index (κ3) is 2.89. The highest BCUT2D eigenvalue weighted by molar-refractivity contribution is 8.00. The number of carboxylic acid groups (broad SMARTS) is 1. The summed E-state index contributed by atoms with van der Waals surface area (Å²) in [4.78, 5) is 40.9. The highest BCUT2D eigenvalue weighted by Crippen LogP contribution is 2.40. The van der Waals surface area contributed by atoms with Crippen molar-refractivity contribution in [3.63, 3.8) is 0 Å². The monoisotopic (exact) mass is 399 g/mol. The molecule has 26 heavy (non-hydrogen) atoms. The normalized spacial score (nSPS) is 22.7. The Morgan fingerprint density at radius 2 is 2.23 bits per heavy atom. The summed E-state index contributed by atoms with van der Waals surface area (Å²) in [7, 11) is 0. The fourth-order valence-electron chi connectivity index (χ4n) is 2.62. The number of carbonyl (C=O) groups excluding carboxylic acids is 2. The maximum atomic E-state index is 12.3. The first-order chi connectivity index (χ1) is 12.4. The predicted molar refractivity (Wildman–Crippen MR) is 91.6 cm³/mol. The van der Waals surface area contributed by atoms with Crippen LogP contribution >= 0.6 is 23.1 Å². The number of nitrogens with two attached hydrogens (primary N) is 1. The number of β-lactam (4-membered cyclic amide) rings is 1. The zero-order valence-corrected chi connectivity index (χ0v) is 14.6. The Hall–Kier alpha value is -2.64. The SMILES string of the molecule is Nc1nc(/C(=N/O)C(=O)NC2C(=O)N3C(C(=O)O)=C(CO)CS[C@H]23)cs1. The van der Waals surface area contributed by atoms with Gasteiger partial charge in [0.25, 0.3) is 11.8 Å². The Morgan fingerprint density at radius 1 is 1.50 bits per heavy atom. The van der Waals surface area contributed by atoms with Gasteiger partial charge in [-0.1, -0.05) is 5.16 Å². The van der Waals surface area contributed by atoms with Gasteiger partial charge in [-0.05, 0) is 5.57 Å². The summed E-state index contributed by atoms with van der Waals surface area (Å²) in [6.45, 7) is -0.477. The molecular weight excluding hydrogens is 386 g/mol. The van der Waals surface area contributed by atoms with Crippen LogP contribution in [0.1, 0.15) is 5.69 Å². The van der Waals surface area contributed by atoms with Gasteiger partial charge in [0.1, 0.15) is 22.8 Å². The summed E-state index contributed by atoms with van der Waals surface area (Å²) < 4.78 is 0. The second-order valence-corrected chi connectivity index (χ2v) is 7.29. The number of nitrogens with one attached hydrogen (secondary N) is 1. The van der Waals surface area contributed by atoms with E-state index in [0.717, 1.165) is 16.2 Å². The standard InChI is InChI=1S/C13H13N5O6S2/c14-13-15-5(3-26-13)6(17-24)9(20)16-7-10(21)18-8(12(22)23)4(1-19)2-25-11(7)18/h3,7,11,19,24H,1-2H2,(H2,14,15)(H,16,20)(H,22,23)/b17-6-/t7?,11-/m1/s1. The smallest absolute Gasteiger partial charge is 0.352 e. The topological polar surface area (TPSA) is 178 Å². The number of aliphatic hydroxyl groups excluding tert-OH is 1. The summed E-state index contributed by atoms with van der Waals surface area (Å²) in [6, 6.07) is -0.991. The van der Waals surface area contributed by atoms with Gasteiger partial charge in [0.05, 0.1) is 6.61 Å². The lowest BCUT2D eigenvalue weighted by Gasteiger charge is -2.49. The van der Waals surface area contributed by atoms with E-state index in [2.05, 4.69) is 15.5 Å². The van der Waals surface area contributed by atoms with E-state index in [1.54, 1.807) is 0 Å². The van der Waals surface area contributed by atoms with Gasteiger partial charge in [-0.2, -0.15) is 0 Å². The number of oxime groups is 1. The van der Waals surface area contributed by atoms with Crippen LogP contribution in [0.4, 0.5) is 5.13 Å². The quantitative estimate of drug-likeness (QED) is 0.173. The maximum absolute atomic E-state index is 12.3. The van der Waals surface area contributed by atoms with Crippen LogP contribution in [0.5, 0.6) is 0 Å². The lowest BCUT2D eigenvalue weighted by Crippen LogP contribution is -2.71. The molecule has 13 heteroatoms. The van der Waals surface area contributed by atoms with Crippen molar-refractivity contribution < 1.29 is 29.8 Å². The van der Waals surface area contributed by atoms with E-state index in [9.17, 15) is 24.6 Å². The van der Waals surface area contributed by atoms with Crippen LogP contribution in [0.3, 0.4) is 0 Å². The van der Waals surface area contributed by atoms with Gasteiger partial charge in [-0.25, -0.2) is 9.78 Å². The number of rotatable bonds is 5. The van der Waals surface area contributed by atoms with Crippen LogP contribution < -0.4 is 11.1 Å². The number of hydrogen-bond donors (Lipinski definition) is 5. The van der Waals surface area contributed by atoms with Crippen molar-refractivity contribution in [1.82, 2.24) is 15.2 Å². The predicted octanol–water partition coefficient (Wildman–Crippen LogP) is -1.37. The lowest BCUT2D eigenvalue weighted by atomic mass is 10.0. The molecule has 6 N–H and O–H groups in total. The van der Waals surface area contributed by atoms with Crippen molar-refractivity contribution in [1.29, 1.82) is 0 Å². The molecule has 2 amide bonds. The van der Waals surface area contributed by atoms with Gasteiger partial charge in [0.15, 0.2) is 10.8 Å². The van der Waals surface area contributed by atoms with Crippen LogP contribution in [0, 0.1) is 0 Å². The number of nitrogens with zero attached hydrogens (tertiary/aromatic N) is 3.